The number of aromatic nitrogens is 1. The van der Waals surface area contributed by atoms with Crippen molar-refractivity contribution < 1.29 is 35.9 Å². The molecular formula is C25H27F3N2O5S. The molecule has 11 heteroatoms. The summed E-state index contributed by atoms with van der Waals surface area (Å²) in [6, 6.07) is 7.46. The van der Waals surface area contributed by atoms with Gasteiger partial charge in [0.1, 0.15) is 21.4 Å². The molecule has 1 saturated heterocycles. The van der Waals surface area contributed by atoms with Crippen LogP contribution in [-0.4, -0.2) is 49.4 Å². The maximum atomic E-state index is 13.3. The molecule has 7 nitrogen and oxygen atoms in total. The zero-order valence-corrected chi connectivity index (χ0v) is 21.0. The monoisotopic (exact) mass is 524 g/mol. The number of benzene rings is 1. The molecule has 1 fully saturated rings. The predicted octanol–water partition coefficient (Wildman–Crippen LogP) is 4.77. The molecule has 0 aliphatic carbocycles. The van der Waals surface area contributed by atoms with Crippen molar-refractivity contribution in [2.24, 2.45) is 5.41 Å². The molecule has 0 radical (unpaired) electrons. The largest absolute Gasteiger partial charge is 0.484 e. The number of ketones is 1. The van der Waals surface area contributed by atoms with Crippen molar-refractivity contribution in [2.75, 3.05) is 23.0 Å². The number of amides is 1. The lowest BCUT2D eigenvalue weighted by Gasteiger charge is -2.32. The van der Waals surface area contributed by atoms with E-state index >= 15 is 0 Å². The van der Waals surface area contributed by atoms with Gasteiger partial charge in [-0.3, -0.25) is 14.5 Å². The van der Waals surface area contributed by atoms with Gasteiger partial charge in [0.05, 0.1) is 22.6 Å². The summed E-state index contributed by atoms with van der Waals surface area (Å²) in [6.45, 7) is 3.87. The minimum absolute atomic E-state index is 0.0657. The minimum atomic E-state index is -4.51. The number of nitrogens with zero attached hydrogens (tertiary/aromatic N) is 2. The first-order valence-corrected chi connectivity index (χ1v) is 13.3. The summed E-state index contributed by atoms with van der Waals surface area (Å²) >= 11 is 0. The van der Waals surface area contributed by atoms with Gasteiger partial charge in [0.25, 0.3) is 0 Å². The fraction of sp³-hybridized carbons (Fsp3) is 0.480. The normalized spacial score (nSPS) is 20.2. The van der Waals surface area contributed by atoms with Crippen molar-refractivity contribution in [3.63, 3.8) is 0 Å². The van der Waals surface area contributed by atoms with Gasteiger partial charge in [0.2, 0.25) is 5.91 Å². The predicted molar refractivity (Wildman–Crippen MR) is 127 cm³/mol. The highest BCUT2D eigenvalue weighted by Gasteiger charge is 2.46. The molecule has 0 unspecified atom stereocenters. The average Bonchev–Trinajstić information content (AvgIpc) is 2.99. The van der Waals surface area contributed by atoms with Gasteiger partial charge in [-0.05, 0) is 61.9 Å². The summed E-state index contributed by atoms with van der Waals surface area (Å²) in [6.07, 6.45) is -2.21. The van der Waals surface area contributed by atoms with Crippen molar-refractivity contribution in [3.05, 3.63) is 47.7 Å². The van der Waals surface area contributed by atoms with Crippen LogP contribution in [-0.2, 0) is 20.0 Å². The summed E-state index contributed by atoms with van der Waals surface area (Å²) in [4.78, 5) is 32.0. The summed E-state index contributed by atoms with van der Waals surface area (Å²) in [5.41, 5.74) is 0.0647. The third kappa shape index (κ3) is 5.25. The van der Waals surface area contributed by atoms with Gasteiger partial charge in [-0.2, -0.15) is 13.2 Å². The molecule has 2 aromatic rings. The van der Waals surface area contributed by atoms with Crippen LogP contribution >= 0.6 is 0 Å². The highest BCUT2D eigenvalue weighted by atomic mass is 32.2. The molecule has 194 valence electrons. The van der Waals surface area contributed by atoms with Crippen LogP contribution in [0, 0.1) is 5.41 Å². The maximum absolute atomic E-state index is 13.3. The number of carbonyl (C=O) groups excluding carboxylic acids is 2. The van der Waals surface area contributed by atoms with Gasteiger partial charge in [-0.1, -0.05) is 6.92 Å². The highest BCUT2D eigenvalue weighted by Crippen LogP contribution is 2.46. The highest BCUT2D eigenvalue weighted by molar-refractivity contribution is 7.91. The molecule has 2 aliphatic heterocycles. The van der Waals surface area contributed by atoms with Crippen LogP contribution in [0.5, 0.6) is 5.75 Å². The van der Waals surface area contributed by atoms with Crippen LogP contribution in [0.15, 0.2) is 36.5 Å². The number of pyridine rings is 1. The van der Waals surface area contributed by atoms with E-state index in [9.17, 15) is 31.2 Å². The van der Waals surface area contributed by atoms with E-state index < -0.39 is 33.5 Å². The zero-order valence-electron chi connectivity index (χ0n) is 20.2. The van der Waals surface area contributed by atoms with Gasteiger partial charge < -0.3 is 4.74 Å². The number of hydrogen-bond donors (Lipinski definition) is 0. The molecule has 1 aromatic carbocycles. The first-order valence-electron chi connectivity index (χ1n) is 11.5. The van der Waals surface area contributed by atoms with Gasteiger partial charge in [0.15, 0.2) is 12.4 Å². The quantitative estimate of drug-likeness (QED) is 0.506. The van der Waals surface area contributed by atoms with E-state index in [0.717, 1.165) is 0 Å². The number of Topliss-reactive ketones (excluding diaryl/α,β-unsaturated/α-hetero) is 1. The van der Waals surface area contributed by atoms with Crippen LogP contribution in [0.4, 0.5) is 24.7 Å². The molecule has 0 saturated carbocycles. The van der Waals surface area contributed by atoms with E-state index in [1.54, 1.807) is 32.0 Å². The Hall–Kier alpha value is -2.95. The fourth-order valence-electron chi connectivity index (χ4n) is 4.61. The number of sulfone groups is 1. The Morgan fingerprint density at radius 1 is 1.11 bits per heavy atom. The third-order valence-electron chi connectivity index (χ3n) is 6.94. The first-order chi connectivity index (χ1) is 16.6. The Morgan fingerprint density at radius 2 is 1.78 bits per heavy atom. The van der Waals surface area contributed by atoms with Crippen LogP contribution < -0.4 is 9.64 Å². The van der Waals surface area contributed by atoms with Crippen molar-refractivity contribution in [2.45, 2.75) is 51.6 Å². The molecular weight excluding hydrogens is 497 g/mol. The van der Waals surface area contributed by atoms with E-state index in [-0.39, 0.29) is 41.2 Å². The van der Waals surface area contributed by atoms with E-state index in [2.05, 4.69) is 4.98 Å². The lowest BCUT2D eigenvalue weighted by Crippen LogP contribution is -2.33. The van der Waals surface area contributed by atoms with Gasteiger partial charge >= 0.3 is 6.18 Å². The first kappa shape index (κ1) is 26.1. The molecule has 3 heterocycles. The number of rotatable bonds is 6. The van der Waals surface area contributed by atoms with Crippen molar-refractivity contribution in [1.29, 1.82) is 0 Å². The fourth-order valence-corrected chi connectivity index (χ4v) is 6.42. The Kier molecular flexibility index (Phi) is 6.43. The molecule has 1 amide bonds. The Bertz CT molecular complexity index is 1310. The van der Waals surface area contributed by atoms with E-state index in [0.29, 0.717) is 29.7 Å². The average molecular weight is 525 g/mol. The van der Waals surface area contributed by atoms with Gasteiger partial charge in [-0.15, -0.1) is 0 Å². The Balaban J connectivity index is 1.60. The number of anilines is 2. The van der Waals surface area contributed by atoms with Crippen LogP contribution in [0.25, 0.3) is 0 Å². The molecule has 1 aromatic heterocycles. The number of alkyl halides is 3. The second kappa shape index (κ2) is 8.86. The van der Waals surface area contributed by atoms with Crippen LogP contribution in [0.2, 0.25) is 0 Å². The molecule has 0 N–H and O–H groups in total. The lowest BCUT2D eigenvalue weighted by atomic mass is 9.78. The second-order valence-electron chi connectivity index (χ2n) is 10.3. The van der Waals surface area contributed by atoms with Crippen LogP contribution in [0.3, 0.4) is 0 Å². The maximum Gasteiger partial charge on any atom is 0.422 e. The summed E-state index contributed by atoms with van der Waals surface area (Å²) < 4.78 is 66.0. The Morgan fingerprint density at radius 3 is 2.42 bits per heavy atom. The molecule has 2 aliphatic rings. The molecule has 0 spiro atoms. The van der Waals surface area contributed by atoms with E-state index in [1.165, 1.54) is 23.2 Å². The van der Waals surface area contributed by atoms with Crippen molar-refractivity contribution in [1.82, 2.24) is 4.98 Å². The second-order valence-corrected chi connectivity index (χ2v) is 12.6. The van der Waals surface area contributed by atoms with Crippen LogP contribution in [0.1, 0.15) is 56.0 Å². The van der Waals surface area contributed by atoms with E-state index in [4.69, 9.17) is 4.74 Å². The number of hydrogen-bond acceptors (Lipinski definition) is 6. The number of carbonyl (C=O) groups is 2. The number of ether oxygens (including phenoxy) is 1. The number of halogens is 3. The van der Waals surface area contributed by atoms with E-state index in [1.807, 2.05) is 6.92 Å². The third-order valence-corrected chi connectivity index (χ3v) is 8.59. The van der Waals surface area contributed by atoms with Crippen molar-refractivity contribution >= 4 is 33.0 Å². The summed E-state index contributed by atoms with van der Waals surface area (Å²) in [5, 5.41) is 0. The molecule has 0 bridgehead atoms. The smallest absolute Gasteiger partial charge is 0.422 e. The van der Waals surface area contributed by atoms with Gasteiger partial charge in [-0.25, -0.2) is 13.4 Å². The van der Waals surface area contributed by atoms with Gasteiger partial charge in [0, 0.05) is 24.2 Å². The lowest BCUT2D eigenvalue weighted by molar-refractivity contribution is -0.153. The Labute approximate surface area is 207 Å². The zero-order chi connectivity index (χ0) is 26.5. The van der Waals surface area contributed by atoms with Crippen molar-refractivity contribution in [3.8, 4) is 5.75 Å². The SMILES string of the molecule is CC1(CC(=O)c2ccc3c(c2)C(C)(C)C(=O)N3c2cc(OCC(F)(F)F)ccn2)CCS(=O)(=O)CC1. The summed E-state index contributed by atoms with van der Waals surface area (Å²) in [5.74, 6) is -0.312. The number of fused-ring (bicyclic) bond motifs is 1. The molecule has 36 heavy (non-hydrogen) atoms. The topological polar surface area (TPSA) is 93.6 Å². The minimum Gasteiger partial charge on any atom is -0.484 e. The standard InChI is InChI=1S/C25H27F3N2O5S/c1-23(2)18-12-16(20(31)14-24(3)7-10-36(33,34)11-8-24)4-5-19(18)30(22(23)32)21-13-17(6-9-29-21)35-15-25(26,27)28/h4-6,9,12-13H,7-8,10-11,14-15H2,1-3H3. The summed E-state index contributed by atoms with van der Waals surface area (Å²) in [7, 11) is -3.06. The molecule has 0 atom stereocenters. The molecule has 4 rings (SSSR count).